The molecule has 3 aromatic rings. The highest BCUT2D eigenvalue weighted by Gasteiger charge is 2.17. The molecular weight excluding hydrogens is 325 g/mol. The van der Waals surface area contributed by atoms with Gasteiger partial charge in [-0.15, -0.1) is 0 Å². The Balaban J connectivity index is 1.61. The molecule has 0 saturated carbocycles. The smallest absolute Gasteiger partial charge is 0.259 e. The minimum absolute atomic E-state index is 0.216. The van der Waals surface area contributed by atoms with Crippen molar-refractivity contribution in [1.29, 1.82) is 0 Å². The highest BCUT2D eigenvalue weighted by molar-refractivity contribution is 5.66. The van der Waals surface area contributed by atoms with Crippen molar-refractivity contribution in [2.75, 3.05) is 6.61 Å². The summed E-state index contributed by atoms with van der Waals surface area (Å²) in [7, 11) is 0. The number of hydrogen-bond donors (Lipinski definition) is 1. The van der Waals surface area contributed by atoms with Crippen LogP contribution in [0.25, 0.3) is 23.5 Å². The van der Waals surface area contributed by atoms with Crippen LogP contribution in [-0.4, -0.2) is 21.7 Å². The molecule has 1 aliphatic heterocycles. The van der Waals surface area contributed by atoms with E-state index in [2.05, 4.69) is 15.1 Å². The molecule has 0 amide bonds. The molecule has 2 aromatic heterocycles. The van der Waals surface area contributed by atoms with E-state index in [-0.39, 0.29) is 23.1 Å². The number of aromatic nitrogens is 3. The minimum atomic E-state index is -0.298. The van der Waals surface area contributed by atoms with Gasteiger partial charge in [-0.2, -0.15) is 4.98 Å². The van der Waals surface area contributed by atoms with Gasteiger partial charge in [-0.3, -0.25) is 4.79 Å². The van der Waals surface area contributed by atoms with Crippen molar-refractivity contribution in [2.24, 2.45) is 0 Å². The lowest BCUT2D eigenvalue weighted by Gasteiger charge is -2.15. The molecule has 3 heterocycles. The Kier molecular flexibility index (Phi) is 3.99. The number of H-pyrrole nitrogens is 1. The molecule has 0 spiro atoms. The Morgan fingerprint density at radius 1 is 1.20 bits per heavy atom. The number of rotatable bonds is 3. The van der Waals surface area contributed by atoms with Crippen LogP contribution < -0.4 is 5.56 Å². The molecule has 4 rings (SSSR count). The quantitative estimate of drug-likeness (QED) is 0.793. The van der Waals surface area contributed by atoms with Gasteiger partial charge in [0.05, 0.1) is 18.8 Å². The summed E-state index contributed by atoms with van der Waals surface area (Å²) in [5.74, 6) is 0.175. The van der Waals surface area contributed by atoms with Gasteiger partial charge in [-0.1, -0.05) is 17.3 Å². The summed E-state index contributed by atoms with van der Waals surface area (Å²) in [5.41, 5.74) is 2.70. The van der Waals surface area contributed by atoms with Gasteiger partial charge in [0.15, 0.2) is 0 Å². The predicted octanol–water partition coefficient (Wildman–Crippen LogP) is 2.81. The number of ether oxygens (including phenoxy) is 1. The molecule has 0 saturated heterocycles. The van der Waals surface area contributed by atoms with E-state index in [1.54, 1.807) is 30.4 Å². The second-order valence-corrected chi connectivity index (χ2v) is 5.66. The average molecular weight is 339 g/mol. The van der Waals surface area contributed by atoms with Crippen molar-refractivity contribution >= 4 is 12.2 Å². The van der Waals surface area contributed by atoms with E-state index in [1.165, 1.54) is 12.1 Å². The maximum atomic E-state index is 12.9. The summed E-state index contributed by atoms with van der Waals surface area (Å²) in [5, 5.41) is 3.86. The molecule has 0 unspecified atom stereocenters. The second-order valence-electron chi connectivity index (χ2n) is 5.66. The molecule has 25 heavy (non-hydrogen) atoms. The van der Waals surface area contributed by atoms with Crippen molar-refractivity contribution in [1.82, 2.24) is 15.1 Å². The van der Waals surface area contributed by atoms with Crippen LogP contribution in [0.1, 0.15) is 22.7 Å². The van der Waals surface area contributed by atoms with Gasteiger partial charge in [0, 0.05) is 18.2 Å². The minimum Gasteiger partial charge on any atom is -0.376 e. The Morgan fingerprint density at radius 3 is 2.88 bits per heavy atom. The maximum absolute atomic E-state index is 12.9. The number of benzene rings is 1. The lowest BCUT2D eigenvalue weighted by molar-refractivity contribution is 0.109. The van der Waals surface area contributed by atoms with Gasteiger partial charge >= 0.3 is 0 Å². The lowest BCUT2D eigenvalue weighted by atomic mass is 10.1. The van der Waals surface area contributed by atoms with Gasteiger partial charge in [0.1, 0.15) is 5.82 Å². The van der Waals surface area contributed by atoms with Crippen LogP contribution >= 0.6 is 0 Å². The van der Waals surface area contributed by atoms with Crippen LogP contribution in [0.2, 0.25) is 0 Å². The van der Waals surface area contributed by atoms with Crippen LogP contribution in [0, 0.1) is 5.82 Å². The van der Waals surface area contributed by atoms with Crippen LogP contribution in [0.3, 0.4) is 0 Å². The Labute approximate surface area is 142 Å². The zero-order valence-corrected chi connectivity index (χ0v) is 13.2. The largest absolute Gasteiger partial charge is 0.376 e. The van der Waals surface area contributed by atoms with Crippen molar-refractivity contribution in [2.45, 2.75) is 13.0 Å². The second kappa shape index (κ2) is 6.45. The first-order valence-electron chi connectivity index (χ1n) is 7.79. The molecule has 6 nitrogen and oxygen atoms in total. The van der Waals surface area contributed by atoms with Crippen molar-refractivity contribution < 1.29 is 13.7 Å². The Hall–Kier alpha value is -3.06. The molecule has 126 valence electrons. The summed E-state index contributed by atoms with van der Waals surface area (Å²) in [6, 6.07) is 7.75. The molecular formula is C18H14FN3O3. The number of pyridine rings is 1. The predicted molar refractivity (Wildman–Crippen MR) is 89.0 cm³/mol. The molecule has 7 heteroatoms. The summed E-state index contributed by atoms with van der Waals surface area (Å²) < 4.78 is 23.5. The molecule has 0 radical (unpaired) electrons. The molecule has 1 N–H and O–H groups in total. The van der Waals surface area contributed by atoms with Gasteiger partial charge in [-0.05, 0) is 35.4 Å². The first-order valence-corrected chi connectivity index (χ1v) is 7.79. The topological polar surface area (TPSA) is 81.0 Å². The van der Waals surface area contributed by atoms with E-state index in [9.17, 15) is 9.18 Å². The van der Waals surface area contributed by atoms with Crippen molar-refractivity contribution in [3.63, 3.8) is 0 Å². The zero-order chi connectivity index (χ0) is 17.2. The third-order valence-electron chi connectivity index (χ3n) is 3.94. The zero-order valence-electron chi connectivity index (χ0n) is 13.2. The van der Waals surface area contributed by atoms with E-state index in [4.69, 9.17) is 9.26 Å². The van der Waals surface area contributed by atoms with E-state index in [0.29, 0.717) is 25.2 Å². The summed E-state index contributed by atoms with van der Waals surface area (Å²) >= 11 is 0. The fourth-order valence-electron chi connectivity index (χ4n) is 2.64. The van der Waals surface area contributed by atoms with E-state index >= 15 is 0 Å². The standard InChI is InChI=1S/C18H14FN3O3/c19-13-4-1-11(2-5-13)3-6-16-21-17(22-25-16)14-9-12-10-24-8-7-15(12)20-18(14)23/h1-6,9H,7-8,10H2,(H,20,23)/b6-3+. The van der Waals surface area contributed by atoms with Crippen molar-refractivity contribution in [3.8, 4) is 11.4 Å². The van der Waals surface area contributed by atoms with E-state index in [0.717, 1.165) is 16.8 Å². The average Bonchev–Trinajstić information content (AvgIpc) is 3.09. The highest BCUT2D eigenvalue weighted by Crippen LogP contribution is 2.19. The SMILES string of the molecule is O=c1[nH]c2c(cc1-c1noc(/C=C/c3ccc(F)cc3)n1)COCC2. The van der Waals surface area contributed by atoms with Crippen LogP contribution in [0.5, 0.6) is 0 Å². The van der Waals surface area contributed by atoms with E-state index < -0.39 is 0 Å². The highest BCUT2D eigenvalue weighted by atomic mass is 19.1. The fourth-order valence-corrected chi connectivity index (χ4v) is 2.64. The maximum Gasteiger partial charge on any atom is 0.259 e. The number of halogens is 1. The van der Waals surface area contributed by atoms with Crippen LogP contribution in [-0.2, 0) is 17.8 Å². The summed E-state index contributed by atoms with van der Waals surface area (Å²) in [6.07, 6.45) is 4.02. The van der Waals surface area contributed by atoms with Gasteiger partial charge in [-0.25, -0.2) is 4.39 Å². The fraction of sp³-hybridized carbons (Fsp3) is 0.167. The summed E-state index contributed by atoms with van der Waals surface area (Å²) in [6.45, 7) is 1.05. The van der Waals surface area contributed by atoms with Gasteiger partial charge in [0.2, 0.25) is 5.82 Å². The van der Waals surface area contributed by atoms with Crippen LogP contribution in [0.4, 0.5) is 4.39 Å². The first-order chi connectivity index (χ1) is 12.2. The number of aromatic amines is 1. The number of nitrogens with one attached hydrogen (secondary N) is 1. The monoisotopic (exact) mass is 339 g/mol. The van der Waals surface area contributed by atoms with Gasteiger partial charge in [0.25, 0.3) is 11.4 Å². The normalized spacial score (nSPS) is 14.0. The number of hydrogen-bond acceptors (Lipinski definition) is 5. The van der Waals surface area contributed by atoms with Gasteiger partial charge < -0.3 is 14.2 Å². The molecule has 0 bridgehead atoms. The van der Waals surface area contributed by atoms with E-state index in [1.807, 2.05) is 0 Å². The number of nitrogens with zero attached hydrogens (tertiary/aromatic N) is 2. The molecule has 1 aliphatic rings. The molecule has 0 fully saturated rings. The number of fused-ring (bicyclic) bond motifs is 1. The Bertz CT molecular complexity index is 990. The first kappa shape index (κ1) is 15.5. The third-order valence-corrected chi connectivity index (χ3v) is 3.94. The Morgan fingerprint density at radius 2 is 2.04 bits per heavy atom. The third kappa shape index (κ3) is 3.27. The van der Waals surface area contributed by atoms with Crippen LogP contribution in [0.15, 0.2) is 39.6 Å². The summed E-state index contributed by atoms with van der Waals surface area (Å²) in [4.78, 5) is 19.3. The molecule has 1 aromatic carbocycles. The molecule has 0 aliphatic carbocycles. The van der Waals surface area contributed by atoms with Crippen molar-refractivity contribution in [3.05, 3.63) is 69.2 Å². The lowest BCUT2D eigenvalue weighted by Crippen LogP contribution is -2.19. The molecule has 0 atom stereocenters.